The van der Waals surface area contributed by atoms with Gasteiger partial charge in [-0.1, -0.05) is 57.2 Å². The topological polar surface area (TPSA) is 50.2 Å². The van der Waals surface area contributed by atoms with Crippen molar-refractivity contribution < 1.29 is 9.90 Å². The Morgan fingerprint density at radius 3 is 2.29 bits per heavy atom. The molecule has 3 nitrogen and oxygen atoms in total. The standard InChI is InChI=1S/C18H21NO2/c1-18(2,3)14-9-10-16(19-12-14)15(17(20)21)11-13-7-5-4-6-8-13/h4-10,12,15H,11H2,1-3H3,(H,20,21). The van der Waals surface area contributed by atoms with Gasteiger partial charge in [0.15, 0.2) is 0 Å². The molecule has 1 unspecified atom stereocenters. The molecule has 2 aromatic rings. The van der Waals surface area contributed by atoms with Crippen LogP contribution in [0.15, 0.2) is 48.7 Å². The Morgan fingerprint density at radius 1 is 1.14 bits per heavy atom. The lowest BCUT2D eigenvalue weighted by molar-refractivity contribution is -0.138. The van der Waals surface area contributed by atoms with Gasteiger partial charge in [0.05, 0.1) is 5.69 Å². The van der Waals surface area contributed by atoms with Crippen molar-refractivity contribution in [3.63, 3.8) is 0 Å². The molecule has 1 atom stereocenters. The summed E-state index contributed by atoms with van der Waals surface area (Å²) in [6.45, 7) is 6.34. The molecule has 1 aromatic carbocycles. The minimum atomic E-state index is -0.838. The van der Waals surface area contributed by atoms with E-state index in [0.717, 1.165) is 11.1 Å². The van der Waals surface area contributed by atoms with E-state index in [1.807, 2.05) is 42.5 Å². The van der Waals surface area contributed by atoms with Crippen molar-refractivity contribution in [2.75, 3.05) is 0 Å². The van der Waals surface area contributed by atoms with E-state index in [2.05, 4.69) is 25.8 Å². The molecule has 0 saturated heterocycles. The van der Waals surface area contributed by atoms with E-state index < -0.39 is 11.9 Å². The third kappa shape index (κ3) is 3.91. The molecular weight excluding hydrogens is 262 g/mol. The molecule has 2 rings (SSSR count). The maximum Gasteiger partial charge on any atom is 0.312 e. The zero-order valence-electron chi connectivity index (χ0n) is 12.7. The van der Waals surface area contributed by atoms with Crippen molar-refractivity contribution in [2.45, 2.75) is 38.5 Å². The predicted molar refractivity (Wildman–Crippen MR) is 83.5 cm³/mol. The Hall–Kier alpha value is -2.16. The van der Waals surface area contributed by atoms with E-state index in [4.69, 9.17) is 0 Å². The molecule has 0 aliphatic rings. The number of rotatable bonds is 4. The Balaban J connectivity index is 2.25. The van der Waals surface area contributed by atoms with Gasteiger partial charge in [0, 0.05) is 6.20 Å². The predicted octanol–water partition coefficient (Wildman–Crippen LogP) is 3.79. The van der Waals surface area contributed by atoms with Crippen molar-refractivity contribution in [3.8, 4) is 0 Å². The number of carboxylic acids is 1. The molecule has 0 spiro atoms. The first-order chi connectivity index (χ1) is 9.88. The molecule has 110 valence electrons. The fourth-order valence-electron chi connectivity index (χ4n) is 2.22. The van der Waals surface area contributed by atoms with E-state index in [9.17, 15) is 9.90 Å². The summed E-state index contributed by atoms with van der Waals surface area (Å²) in [5.74, 6) is -1.45. The summed E-state index contributed by atoms with van der Waals surface area (Å²) < 4.78 is 0. The molecule has 1 aromatic heterocycles. The van der Waals surface area contributed by atoms with Gasteiger partial charge in [-0.2, -0.15) is 0 Å². The molecule has 3 heteroatoms. The first-order valence-electron chi connectivity index (χ1n) is 7.11. The van der Waals surface area contributed by atoms with Crippen LogP contribution in [-0.4, -0.2) is 16.1 Å². The van der Waals surface area contributed by atoms with Crippen LogP contribution in [0.25, 0.3) is 0 Å². The molecule has 0 saturated carbocycles. The molecule has 1 N–H and O–H groups in total. The first kappa shape index (κ1) is 15.2. The SMILES string of the molecule is CC(C)(C)c1ccc(C(Cc2ccccc2)C(=O)O)nc1. The number of aliphatic carboxylic acids is 1. The molecule has 1 heterocycles. The zero-order valence-corrected chi connectivity index (χ0v) is 12.7. The van der Waals surface area contributed by atoms with Crippen molar-refractivity contribution in [3.05, 3.63) is 65.5 Å². The number of aromatic nitrogens is 1. The van der Waals surface area contributed by atoms with Crippen molar-refractivity contribution in [1.82, 2.24) is 4.98 Å². The second kappa shape index (κ2) is 6.08. The second-order valence-corrected chi connectivity index (χ2v) is 6.30. The zero-order chi connectivity index (χ0) is 15.5. The number of nitrogens with zero attached hydrogens (tertiary/aromatic N) is 1. The summed E-state index contributed by atoms with van der Waals surface area (Å²) in [6, 6.07) is 13.5. The smallest absolute Gasteiger partial charge is 0.312 e. The Labute approximate surface area is 125 Å². The minimum Gasteiger partial charge on any atom is -0.481 e. The van der Waals surface area contributed by atoms with Gasteiger partial charge in [-0.25, -0.2) is 0 Å². The van der Waals surface area contributed by atoms with Gasteiger partial charge in [-0.15, -0.1) is 0 Å². The molecule has 0 aliphatic carbocycles. The third-order valence-electron chi connectivity index (χ3n) is 3.59. The van der Waals surface area contributed by atoms with Crippen LogP contribution in [0.3, 0.4) is 0 Å². The highest BCUT2D eigenvalue weighted by Crippen LogP contribution is 2.24. The van der Waals surface area contributed by atoms with Gasteiger partial charge in [0.1, 0.15) is 5.92 Å². The van der Waals surface area contributed by atoms with E-state index >= 15 is 0 Å². The maximum atomic E-state index is 11.5. The van der Waals surface area contributed by atoms with Gasteiger partial charge in [-0.3, -0.25) is 9.78 Å². The first-order valence-corrected chi connectivity index (χ1v) is 7.11. The summed E-state index contributed by atoms with van der Waals surface area (Å²) in [4.78, 5) is 15.9. The second-order valence-electron chi connectivity index (χ2n) is 6.30. The highest BCUT2D eigenvalue weighted by Gasteiger charge is 2.22. The average Bonchev–Trinajstić information content (AvgIpc) is 2.45. The molecule has 0 fully saturated rings. The highest BCUT2D eigenvalue weighted by molar-refractivity contribution is 5.75. The highest BCUT2D eigenvalue weighted by atomic mass is 16.4. The monoisotopic (exact) mass is 283 g/mol. The number of hydrogen-bond acceptors (Lipinski definition) is 2. The lowest BCUT2D eigenvalue weighted by atomic mass is 9.87. The summed E-state index contributed by atoms with van der Waals surface area (Å²) in [6.07, 6.45) is 2.24. The minimum absolute atomic E-state index is 0.0175. The van der Waals surface area contributed by atoms with Crippen molar-refractivity contribution in [1.29, 1.82) is 0 Å². The number of pyridine rings is 1. The molecular formula is C18H21NO2. The van der Waals surface area contributed by atoms with Crippen molar-refractivity contribution in [2.24, 2.45) is 0 Å². The number of carboxylic acid groups (broad SMARTS) is 1. The van der Waals surface area contributed by atoms with Gasteiger partial charge < -0.3 is 5.11 Å². The van der Waals surface area contributed by atoms with Gasteiger partial charge in [0.25, 0.3) is 0 Å². The summed E-state index contributed by atoms with van der Waals surface area (Å²) in [5.41, 5.74) is 2.74. The largest absolute Gasteiger partial charge is 0.481 e. The van der Waals surface area contributed by atoms with Crippen molar-refractivity contribution >= 4 is 5.97 Å². The molecule has 0 amide bonds. The summed E-state index contributed by atoms with van der Waals surface area (Å²) in [5, 5.41) is 9.48. The van der Waals surface area contributed by atoms with Crippen LogP contribution in [0, 0.1) is 0 Å². The Bertz CT molecular complexity index is 597. The lowest BCUT2D eigenvalue weighted by Gasteiger charge is -2.19. The lowest BCUT2D eigenvalue weighted by Crippen LogP contribution is -2.17. The van der Waals surface area contributed by atoms with E-state index in [-0.39, 0.29) is 5.41 Å². The van der Waals surface area contributed by atoms with Crippen LogP contribution >= 0.6 is 0 Å². The maximum absolute atomic E-state index is 11.5. The van der Waals surface area contributed by atoms with Gasteiger partial charge in [0.2, 0.25) is 0 Å². The quantitative estimate of drug-likeness (QED) is 0.928. The number of hydrogen-bond donors (Lipinski definition) is 1. The fourth-order valence-corrected chi connectivity index (χ4v) is 2.22. The van der Waals surface area contributed by atoms with E-state index in [1.54, 1.807) is 6.20 Å². The number of carbonyl (C=O) groups is 1. The van der Waals surface area contributed by atoms with Crippen LogP contribution in [0.2, 0.25) is 0 Å². The Morgan fingerprint density at radius 2 is 1.81 bits per heavy atom. The molecule has 21 heavy (non-hydrogen) atoms. The van der Waals surface area contributed by atoms with Gasteiger partial charge >= 0.3 is 5.97 Å². The van der Waals surface area contributed by atoms with Crippen LogP contribution in [-0.2, 0) is 16.6 Å². The molecule has 0 bridgehead atoms. The number of benzene rings is 1. The molecule has 0 radical (unpaired) electrons. The molecule has 0 aliphatic heterocycles. The van der Waals surface area contributed by atoms with Crippen LogP contribution in [0.1, 0.15) is 43.5 Å². The third-order valence-corrected chi connectivity index (χ3v) is 3.59. The Kier molecular flexibility index (Phi) is 4.41. The van der Waals surface area contributed by atoms with Crippen LogP contribution in [0.5, 0.6) is 0 Å². The van der Waals surface area contributed by atoms with E-state index in [0.29, 0.717) is 12.1 Å². The fraction of sp³-hybridized carbons (Fsp3) is 0.333. The average molecular weight is 283 g/mol. The van der Waals surface area contributed by atoms with Gasteiger partial charge in [-0.05, 0) is 29.0 Å². The van der Waals surface area contributed by atoms with Crippen LogP contribution in [0.4, 0.5) is 0 Å². The summed E-state index contributed by atoms with van der Waals surface area (Å²) >= 11 is 0. The van der Waals surface area contributed by atoms with E-state index in [1.165, 1.54) is 0 Å². The normalized spacial score (nSPS) is 12.9. The van der Waals surface area contributed by atoms with Crippen LogP contribution < -0.4 is 0 Å². The summed E-state index contributed by atoms with van der Waals surface area (Å²) in [7, 11) is 0.